The Kier molecular flexibility index (Phi) is 7.23. The van der Waals surface area contributed by atoms with E-state index >= 15 is 0 Å². The molecule has 1 atom stereocenters. The number of methoxy groups -OCH3 is 2. The van der Waals surface area contributed by atoms with Gasteiger partial charge < -0.3 is 19.1 Å². The van der Waals surface area contributed by atoms with Crippen molar-refractivity contribution in [1.82, 2.24) is 4.57 Å². The molecule has 1 aromatic heterocycles. The van der Waals surface area contributed by atoms with Gasteiger partial charge in [-0.3, -0.25) is 14.2 Å². The van der Waals surface area contributed by atoms with Crippen molar-refractivity contribution in [2.75, 3.05) is 45.4 Å². The molecule has 2 aliphatic heterocycles. The lowest BCUT2D eigenvalue weighted by molar-refractivity contribution is -0.114. The monoisotopic (exact) mass is 569 g/mol. The average molecular weight is 570 g/mol. The number of carbonyl (C=O) groups is 1. The van der Waals surface area contributed by atoms with Crippen molar-refractivity contribution in [2.24, 2.45) is 4.99 Å². The van der Waals surface area contributed by atoms with Crippen molar-refractivity contribution < 1.29 is 19.0 Å². The number of thiazole rings is 1. The summed E-state index contributed by atoms with van der Waals surface area (Å²) in [7, 11) is 3.24. The quantitative estimate of drug-likeness (QED) is 0.351. The molecule has 4 aromatic rings. The summed E-state index contributed by atoms with van der Waals surface area (Å²) in [4.78, 5) is 34.8. The van der Waals surface area contributed by atoms with Crippen LogP contribution in [0.25, 0.3) is 16.8 Å². The largest absolute Gasteiger partial charge is 0.496 e. The predicted molar refractivity (Wildman–Crippen MR) is 161 cm³/mol. The molecule has 0 amide bonds. The van der Waals surface area contributed by atoms with Gasteiger partial charge in [-0.25, -0.2) is 4.99 Å². The summed E-state index contributed by atoms with van der Waals surface area (Å²) in [5.41, 5.74) is 3.46. The summed E-state index contributed by atoms with van der Waals surface area (Å²) in [6.07, 6.45) is 1.84. The van der Waals surface area contributed by atoms with Crippen molar-refractivity contribution in [1.29, 1.82) is 0 Å². The van der Waals surface area contributed by atoms with Crippen LogP contribution in [-0.4, -0.2) is 50.9 Å². The number of ketones is 1. The highest BCUT2D eigenvalue weighted by Gasteiger charge is 2.34. The first-order valence-corrected chi connectivity index (χ1v) is 14.3. The van der Waals surface area contributed by atoms with Gasteiger partial charge in [-0.2, -0.15) is 0 Å². The highest BCUT2D eigenvalue weighted by Crippen LogP contribution is 2.40. The van der Waals surface area contributed by atoms with Crippen LogP contribution in [0.4, 0.5) is 5.69 Å². The number of aromatic nitrogens is 1. The number of Topliss-reactive ketones (excluding diaryl/α,β-unsaturated/α-hetero) is 1. The van der Waals surface area contributed by atoms with Gasteiger partial charge in [-0.1, -0.05) is 41.7 Å². The van der Waals surface area contributed by atoms with Crippen LogP contribution in [0.2, 0.25) is 0 Å². The third-order valence-corrected chi connectivity index (χ3v) is 8.69. The summed E-state index contributed by atoms with van der Waals surface area (Å²) in [5, 5.41) is 1.91. The number of carbonyl (C=O) groups excluding carboxylic acids is 1. The van der Waals surface area contributed by atoms with Gasteiger partial charge in [0.05, 0.1) is 38.0 Å². The molecule has 0 aliphatic carbocycles. The summed E-state index contributed by atoms with van der Waals surface area (Å²) in [5.74, 6) is 1.14. The molecule has 8 nitrogen and oxygen atoms in total. The van der Waals surface area contributed by atoms with Crippen molar-refractivity contribution in [3.05, 3.63) is 96.7 Å². The molecule has 1 fully saturated rings. The number of morpholine rings is 1. The van der Waals surface area contributed by atoms with E-state index in [1.54, 1.807) is 18.8 Å². The Labute approximate surface area is 241 Å². The topological polar surface area (TPSA) is 82.4 Å². The van der Waals surface area contributed by atoms with Gasteiger partial charge in [-0.15, -0.1) is 0 Å². The summed E-state index contributed by atoms with van der Waals surface area (Å²) in [6.45, 7) is 6.36. The van der Waals surface area contributed by atoms with Gasteiger partial charge in [0.1, 0.15) is 11.5 Å². The maximum Gasteiger partial charge on any atom is 0.271 e. The number of hydrogen-bond acceptors (Lipinski definition) is 8. The smallest absolute Gasteiger partial charge is 0.271 e. The molecule has 0 bridgehead atoms. The molecule has 210 valence electrons. The normalized spacial score (nSPS) is 17.4. The fourth-order valence-electron chi connectivity index (χ4n) is 5.76. The van der Waals surface area contributed by atoms with E-state index in [-0.39, 0.29) is 11.3 Å². The maximum atomic E-state index is 14.2. The molecule has 0 spiro atoms. The molecule has 3 heterocycles. The Morgan fingerprint density at radius 2 is 1.80 bits per heavy atom. The number of hydrogen-bond donors (Lipinski definition) is 0. The Hall–Kier alpha value is -4.21. The molecule has 2 aliphatic rings. The number of nitrogens with zero attached hydrogens (tertiary/aromatic N) is 3. The van der Waals surface area contributed by atoms with Crippen molar-refractivity contribution in [3.63, 3.8) is 0 Å². The van der Waals surface area contributed by atoms with Crippen LogP contribution in [0.1, 0.15) is 31.0 Å². The third-order valence-electron chi connectivity index (χ3n) is 7.70. The van der Waals surface area contributed by atoms with E-state index in [1.807, 2.05) is 67.6 Å². The van der Waals surface area contributed by atoms with Crippen LogP contribution >= 0.6 is 11.3 Å². The van der Waals surface area contributed by atoms with Gasteiger partial charge in [0.15, 0.2) is 10.6 Å². The highest BCUT2D eigenvalue weighted by atomic mass is 32.1. The van der Waals surface area contributed by atoms with Crippen LogP contribution in [0, 0.1) is 0 Å². The van der Waals surface area contributed by atoms with Crippen molar-refractivity contribution in [3.8, 4) is 11.5 Å². The average Bonchev–Trinajstić information content (AvgIpc) is 3.30. The predicted octanol–water partition coefficient (Wildman–Crippen LogP) is 3.83. The molecule has 6 rings (SSSR count). The molecular formula is C32H31N3O5S. The van der Waals surface area contributed by atoms with Crippen LogP contribution in [-0.2, 0) is 9.53 Å². The molecular weight excluding hydrogens is 538 g/mol. The fraction of sp³-hybridized carbons (Fsp3) is 0.281. The molecule has 41 heavy (non-hydrogen) atoms. The first-order valence-electron chi connectivity index (χ1n) is 13.5. The number of ether oxygens (including phenoxy) is 3. The highest BCUT2D eigenvalue weighted by molar-refractivity contribution is 7.07. The number of benzene rings is 3. The van der Waals surface area contributed by atoms with E-state index < -0.39 is 6.04 Å². The lowest BCUT2D eigenvalue weighted by atomic mass is 9.89. The van der Waals surface area contributed by atoms with E-state index in [4.69, 9.17) is 19.2 Å². The second-order valence-corrected chi connectivity index (χ2v) is 11.1. The van der Waals surface area contributed by atoms with Gasteiger partial charge in [0.25, 0.3) is 5.56 Å². The molecule has 0 N–H and O–H groups in total. The SMILES string of the molecule is COc1cc(N2CCOCC2)ccc1C=c1sc2n(c1=O)[C@@H](c1c(OC)ccc3ccccc13)C(C(C)=O)=C(C)N=2. The van der Waals surface area contributed by atoms with Crippen LogP contribution < -0.4 is 29.3 Å². The molecule has 1 saturated heterocycles. The Bertz CT molecular complexity index is 1880. The lowest BCUT2D eigenvalue weighted by Gasteiger charge is -2.29. The van der Waals surface area contributed by atoms with Crippen molar-refractivity contribution >= 4 is 39.7 Å². The second-order valence-electron chi connectivity index (χ2n) is 10.1. The number of anilines is 1. The summed E-state index contributed by atoms with van der Waals surface area (Å²) in [6, 6.07) is 17.1. The summed E-state index contributed by atoms with van der Waals surface area (Å²) >= 11 is 1.30. The van der Waals surface area contributed by atoms with Gasteiger partial charge in [0, 0.05) is 47.2 Å². The van der Waals surface area contributed by atoms with Gasteiger partial charge in [-0.05, 0) is 48.9 Å². The maximum absolute atomic E-state index is 14.2. The van der Waals surface area contributed by atoms with Crippen LogP contribution in [0.5, 0.6) is 11.5 Å². The van der Waals surface area contributed by atoms with Crippen molar-refractivity contribution in [2.45, 2.75) is 19.9 Å². The molecule has 0 unspecified atom stereocenters. The molecule has 0 saturated carbocycles. The zero-order valence-corrected chi connectivity index (χ0v) is 24.3. The zero-order valence-electron chi connectivity index (χ0n) is 23.5. The molecule has 0 radical (unpaired) electrons. The summed E-state index contributed by atoms with van der Waals surface area (Å²) < 4.78 is 19.2. The first-order chi connectivity index (χ1) is 19.9. The minimum Gasteiger partial charge on any atom is -0.496 e. The zero-order chi connectivity index (χ0) is 28.7. The van der Waals surface area contributed by atoms with Crippen LogP contribution in [0.15, 0.2) is 75.7 Å². The Morgan fingerprint density at radius 3 is 2.54 bits per heavy atom. The minimum absolute atomic E-state index is 0.138. The Balaban J connectivity index is 1.55. The minimum atomic E-state index is -0.683. The van der Waals surface area contributed by atoms with E-state index in [0.717, 1.165) is 40.7 Å². The lowest BCUT2D eigenvalue weighted by Crippen LogP contribution is -2.39. The van der Waals surface area contributed by atoms with Crippen LogP contribution in [0.3, 0.4) is 0 Å². The number of rotatable bonds is 6. The second kappa shape index (κ2) is 11.0. The molecule has 9 heteroatoms. The fourth-order valence-corrected chi connectivity index (χ4v) is 6.80. The van der Waals surface area contributed by atoms with Gasteiger partial charge in [0.2, 0.25) is 0 Å². The first kappa shape index (κ1) is 27.0. The molecule has 3 aromatic carbocycles. The number of allylic oxidation sites excluding steroid dienone is 2. The van der Waals surface area contributed by atoms with E-state index in [9.17, 15) is 9.59 Å². The Morgan fingerprint density at radius 1 is 1.05 bits per heavy atom. The van der Waals surface area contributed by atoms with E-state index in [1.165, 1.54) is 18.3 Å². The van der Waals surface area contributed by atoms with E-state index in [0.29, 0.717) is 45.3 Å². The van der Waals surface area contributed by atoms with Gasteiger partial charge >= 0.3 is 0 Å². The standard InChI is InChI=1S/C32H31N3O5S/c1-19-28(20(2)36)30(29-24-8-6-5-7-21(24)10-12-25(29)38-3)35-31(37)27(41-32(35)33-19)17-22-9-11-23(18-26(22)39-4)34-13-15-40-16-14-34/h5-12,17-18,30H,13-16H2,1-4H3/t30-/m1/s1. The number of fused-ring (bicyclic) bond motifs is 2. The third kappa shape index (κ3) is 4.75. The van der Waals surface area contributed by atoms with E-state index in [2.05, 4.69) is 4.90 Å².